The van der Waals surface area contributed by atoms with Crippen molar-refractivity contribution in [2.75, 3.05) is 18.0 Å². The lowest BCUT2D eigenvalue weighted by molar-refractivity contribution is -0.125. The standard InChI is InChI=1S/C31H35N5O2/c1-22-12-15-25(16-13-22)20-36-28-27(11-6-18-32-28)34-29(31(36)38)35-19-7-10-26(21-35)30(37)33-23(2)14-17-24-8-4-3-5-9-24/h3-6,8-9,11-13,15-16,18,23,26H,7,10,14,17,19-21H2,1-2H3,(H,33,37)/t23-,26-/m0/s1. The summed E-state index contributed by atoms with van der Waals surface area (Å²) in [6.07, 6.45) is 5.14. The second kappa shape index (κ2) is 11.6. The lowest BCUT2D eigenvalue weighted by Crippen LogP contribution is -2.47. The number of carbonyl (C=O) groups excluding carboxylic acids is 1. The Hall–Kier alpha value is -4.00. The first kappa shape index (κ1) is 25.6. The van der Waals surface area contributed by atoms with Crippen LogP contribution in [0.2, 0.25) is 0 Å². The molecule has 2 aromatic carbocycles. The highest BCUT2D eigenvalue weighted by atomic mass is 16.2. The molecule has 1 saturated heterocycles. The zero-order valence-electron chi connectivity index (χ0n) is 22.1. The van der Waals surface area contributed by atoms with Gasteiger partial charge >= 0.3 is 0 Å². The third kappa shape index (κ3) is 5.93. The second-order valence-corrected chi connectivity index (χ2v) is 10.4. The smallest absolute Gasteiger partial charge is 0.295 e. The van der Waals surface area contributed by atoms with E-state index in [0.717, 1.165) is 31.2 Å². The van der Waals surface area contributed by atoms with Crippen LogP contribution in [0.3, 0.4) is 0 Å². The van der Waals surface area contributed by atoms with Gasteiger partial charge in [-0.2, -0.15) is 0 Å². The van der Waals surface area contributed by atoms with Gasteiger partial charge in [0.1, 0.15) is 5.52 Å². The topological polar surface area (TPSA) is 80.1 Å². The van der Waals surface area contributed by atoms with Crippen molar-refractivity contribution in [2.24, 2.45) is 5.92 Å². The Morgan fingerprint density at radius 1 is 1.05 bits per heavy atom. The zero-order chi connectivity index (χ0) is 26.5. The molecule has 5 rings (SSSR count). The number of pyridine rings is 1. The lowest BCUT2D eigenvalue weighted by Gasteiger charge is -2.33. The van der Waals surface area contributed by atoms with Crippen molar-refractivity contribution in [3.8, 4) is 0 Å². The van der Waals surface area contributed by atoms with E-state index in [9.17, 15) is 9.59 Å². The van der Waals surface area contributed by atoms with Gasteiger partial charge in [0.15, 0.2) is 11.5 Å². The van der Waals surface area contributed by atoms with Crippen LogP contribution in [0.5, 0.6) is 0 Å². The number of rotatable bonds is 8. The van der Waals surface area contributed by atoms with E-state index in [0.29, 0.717) is 36.6 Å². The molecule has 1 aliphatic rings. The number of aromatic nitrogens is 3. The van der Waals surface area contributed by atoms with Gasteiger partial charge in [-0.05, 0) is 62.8 Å². The molecule has 1 aliphatic heterocycles. The van der Waals surface area contributed by atoms with E-state index in [-0.39, 0.29) is 23.4 Å². The van der Waals surface area contributed by atoms with Crippen molar-refractivity contribution in [3.05, 3.63) is 100.0 Å². The first-order chi connectivity index (χ1) is 18.5. The number of carbonyl (C=O) groups is 1. The molecule has 0 bridgehead atoms. The van der Waals surface area contributed by atoms with Crippen LogP contribution in [0.15, 0.2) is 77.7 Å². The number of amides is 1. The third-order valence-corrected chi connectivity index (χ3v) is 7.34. The van der Waals surface area contributed by atoms with Crippen LogP contribution in [-0.4, -0.2) is 39.6 Å². The van der Waals surface area contributed by atoms with Crippen LogP contribution in [-0.2, 0) is 17.8 Å². The van der Waals surface area contributed by atoms with Crippen molar-refractivity contribution in [1.29, 1.82) is 0 Å². The Kier molecular flexibility index (Phi) is 7.82. The molecule has 0 unspecified atom stereocenters. The summed E-state index contributed by atoms with van der Waals surface area (Å²) in [6.45, 7) is 5.70. The summed E-state index contributed by atoms with van der Waals surface area (Å²) in [4.78, 5) is 38.1. The summed E-state index contributed by atoms with van der Waals surface area (Å²) in [6, 6.07) is 22.3. The number of piperidine rings is 1. The van der Waals surface area contributed by atoms with Gasteiger partial charge in [-0.15, -0.1) is 0 Å². The Morgan fingerprint density at radius 2 is 1.84 bits per heavy atom. The normalized spacial score (nSPS) is 16.4. The predicted octanol–water partition coefficient (Wildman–Crippen LogP) is 4.50. The lowest BCUT2D eigenvalue weighted by atomic mass is 9.96. The maximum Gasteiger partial charge on any atom is 0.295 e. The van der Waals surface area contributed by atoms with Crippen LogP contribution < -0.4 is 15.8 Å². The fourth-order valence-corrected chi connectivity index (χ4v) is 5.14. The fraction of sp³-hybridized carbons (Fsp3) is 0.355. The maximum absolute atomic E-state index is 13.7. The number of fused-ring (bicyclic) bond motifs is 1. The van der Waals surface area contributed by atoms with Gasteiger partial charge in [0, 0.05) is 25.3 Å². The van der Waals surface area contributed by atoms with Crippen molar-refractivity contribution in [1.82, 2.24) is 19.9 Å². The summed E-state index contributed by atoms with van der Waals surface area (Å²) in [5.74, 6) is 0.268. The SMILES string of the molecule is Cc1ccc(Cn2c(=O)c(N3CCC[C@H](C(=O)N[C@@H](C)CCc4ccccc4)C3)nc3cccnc32)cc1. The summed E-state index contributed by atoms with van der Waals surface area (Å²) in [5.41, 5.74) is 4.55. The Balaban J connectivity index is 1.32. The van der Waals surface area contributed by atoms with Crippen LogP contribution in [0.1, 0.15) is 42.9 Å². The van der Waals surface area contributed by atoms with Crippen LogP contribution in [0.25, 0.3) is 11.2 Å². The molecular formula is C31H35N5O2. The molecule has 2 atom stereocenters. The minimum atomic E-state index is -0.181. The van der Waals surface area contributed by atoms with Gasteiger partial charge in [0.2, 0.25) is 5.91 Å². The molecule has 0 aliphatic carbocycles. The number of nitrogens with zero attached hydrogens (tertiary/aromatic N) is 4. The first-order valence-corrected chi connectivity index (χ1v) is 13.5. The number of benzene rings is 2. The molecule has 1 amide bonds. The van der Waals surface area contributed by atoms with E-state index in [4.69, 9.17) is 4.98 Å². The molecule has 196 valence electrons. The fourth-order valence-electron chi connectivity index (χ4n) is 5.14. The van der Waals surface area contributed by atoms with Crippen molar-refractivity contribution in [2.45, 2.75) is 52.1 Å². The summed E-state index contributed by atoms with van der Waals surface area (Å²) >= 11 is 0. The van der Waals surface area contributed by atoms with E-state index < -0.39 is 0 Å². The van der Waals surface area contributed by atoms with Crippen LogP contribution in [0, 0.1) is 12.8 Å². The number of aryl methyl sites for hydroxylation is 2. The average Bonchev–Trinajstić information content (AvgIpc) is 2.95. The molecule has 4 aromatic rings. The maximum atomic E-state index is 13.7. The number of nitrogens with one attached hydrogen (secondary N) is 1. The molecule has 1 N–H and O–H groups in total. The van der Waals surface area contributed by atoms with E-state index in [1.165, 1.54) is 11.1 Å². The zero-order valence-corrected chi connectivity index (χ0v) is 22.1. The minimum Gasteiger partial charge on any atom is -0.353 e. The Morgan fingerprint density at radius 3 is 2.63 bits per heavy atom. The monoisotopic (exact) mass is 509 g/mol. The highest BCUT2D eigenvalue weighted by molar-refractivity contribution is 5.80. The van der Waals surface area contributed by atoms with Crippen LogP contribution >= 0.6 is 0 Å². The quantitative estimate of drug-likeness (QED) is 0.378. The largest absolute Gasteiger partial charge is 0.353 e. The summed E-state index contributed by atoms with van der Waals surface area (Å²) in [7, 11) is 0. The van der Waals surface area contributed by atoms with Gasteiger partial charge < -0.3 is 10.2 Å². The molecule has 0 radical (unpaired) electrons. The third-order valence-electron chi connectivity index (χ3n) is 7.34. The van der Waals surface area contributed by atoms with Crippen molar-refractivity contribution in [3.63, 3.8) is 0 Å². The molecule has 7 nitrogen and oxygen atoms in total. The minimum absolute atomic E-state index is 0.0534. The van der Waals surface area contributed by atoms with Crippen LogP contribution in [0.4, 0.5) is 5.82 Å². The molecule has 3 heterocycles. The van der Waals surface area contributed by atoms with Crippen molar-refractivity contribution < 1.29 is 4.79 Å². The predicted molar refractivity (Wildman–Crippen MR) is 151 cm³/mol. The molecule has 38 heavy (non-hydrogen) atoms. The number of hydrogen-bond donors (Lipinski definition) is 1. The molecule has 1 fully saturated rings. The summed E-state index contributed by atoms with van der Waals surface area (Å²) < 4.78 is 1.71. The number of anilines is 1. The average molecular weight is 510 g/mol. The molecule has 7 heteroatoms. The Bertz CT molecular complexity index is 1450. The first-order valence-electron chi connectivity index (χ1n) is 13.5. The van der Waals surface area contributed by atoms with Crippen molar-refractivity contribution >= 4 is 22.9 Å². The highest BCUT2D eigenvalue weighted by Gasteiger charge is 2.29. The van der Waals surface area contributed by atoms with Gasteiger partial charge in [-0.3, -0.25) is 14.2 Å². The van der Waals surface area contributed by atoms with E-state index in [1.54, 1.807) is 10.8 Å². The van der Waals surface area contributed by atoms with Gasteiger partial charge in [0.05, 0.1) is 12.5 Å². The molecule has 0 spiro atoms. The number of hydrogen-bond acceptors (Lipinski definition) is 5. The Labute approximate surface area is 223 Å². The van der Waals surface area contributed by atoms with Gasteiger partial charge in [-0.1, -0.05) is 60.2 Å². The molecule has 0 saturated carbocycles. The van der Waals surface area contributed by atoms with E-state index in [1.807, 2.05) is 66.4 Å². The van der Waals surface area contributed by atoms with E-state index in [2.05, 4.69) is 29.4 Å². The van der Waals surface area contributed by atoms with Gasteiger partial charge in [-0.25, -0.2) is 9.97 Å². The molecular weight excluding hydrogens is 474 g/mol. The van der Waals surface area contributed by atoms with Gasteiger partial charge in [0.25, 0.3) is 5.56 Å². The molecule has 2 aromatic heterocycles. The highest BCUT2D eigenvalue weighted by Crippen LogP contribution is 2.22. The van der Waals surface area contributed by atoms with E-state index >= 15 is 0 Å². The summed E-state index contributed by atoms with van der Waals surface area (Å²) in [5, 5.41) is 3.21. The second-order valence-electron chi connectivity index (χ2n) is 10.4.